The van der Waals surface area contributed by atoms with Crippen molar-refractivity contribution < 1.29 is 9.59 Å². The summed E-state index contributed by atoms with van der Waals surface area (Å²) in [6, 6.07) is 7.45. The first-order valence-corrected chi connectivity index (χ1v) is 10.1. The Hall–Kier alpha value is -2.67. The molecule has 2 aromatic rings. The molecule has 0 unspecified atom stereocenters. The predicted molar refractivity (Wildman–Crippen MR) is 109 cm³/mol. The first-order valence-electron chi connectivity index (χ1n) is 10.1. The van der Waals surface area contributed by atoms with Crippen molar-refractivity contribution in [1.29, 1.82) is 0 Å². The summed E-state index contributed by atoms with van der Waals surface area (Å²) in [5.41, 5.74) is 3.02. The number of hydrogen-bond donors (Lipinski definition) is 1. The molecule has 0 radical (unpaired) electrons. The molecule has 2 aliphatic heterocycles. The quantitative estimate of drug-likeness (QED) is 0.886. The van der Waals surface area contributed by atoms with Gasteiger partial charge in [-0.2, -0.15) is 5.10 Å². The SMILES string of the molecule is Cc1nn(C)c2c1N(C(=O)CCN1CCCCCC1)c1ccccc1NC2=O. The number of para-hydroxylation sites is 2. The number of benzene rings is 1. The smallest absolute Gasteiger partial charge is 0.276 e. The molecule has 1 saturated heterocycles. The van der Waals surface area contributed by atoms with Gasteiger partial charge in [0.05, 0.1) is 17.1 Å². The first-order chi connectivity index (χ1) is 13.6. The third-order valence-corrected chi connectivity index (χ3v) is 5.61. The molecule has 148 valence electrons. The standard InChI is InChI=1S/C21H27N5O2/c1-15-19-20(24(2)23-15)21(28)22-16-9-5-6-10-17(16)26(19)18(27)11-14-25-12-7-3-4-8-13-25/h5-6,9-10H,3-4,7-8,11-14H2,1-2H3,(H,22,28). The molecular formula is C21H27N5O2. The van der Waals surface area contributed by atoms with Gasteiger partial charge in [-0.25, -0.2) is 0 Å². The average Bonchev–Trinajstić information content (AvgIpc) is 2.87. The molecule has 2 amide bonds. The van der Waals surface area contributed by atoms with E-state index in [1.165, 1.54) is 25.7 Å². The van der Waals surface area contributed by atoms with Crippen LogP contribution in [0.2, 0.25) is 0 Å². The molecule has 7 nitrogen and oxygen atoms in total. The second kappa shape index (κ2) is 7.75. The number of fused-ring (bicyclic) bond motifs is 2. The molecule has 1 aromatic heterocycles. The fraction of sp³-hybridized carbons (Fsp3) is 0.476. The van der Waals surface area contributed by atoms with Crippen molar-refractivity contribution in [2.24, 2.45) is 7.05 Å². The van der Waals surface area contributed by atoms with Crippen LogP contribution < -0.4 is 10.2 Å². The number of aromatic nitrogens is 2. The minimum atomic E-state index is -0.242. The van der Waals surface area contributed by atoms with Crippen LogP contribution in [-0.4, -0.2) is 46.1 Å². The summed E-state index contributed by atoms with van der Waals surface area (Å²) in [7, 11) is 1.74. The molecule has 1 aromatic carbocycles. The highest BCUT2D eigenvalue weighted by Crippen LogP contribution is 2.39. The lowest BCUT2D eigenvalue weighted by molar-refractivity contribution is -0.118. The van der Waals surface area contributed by atoms with Crippen LogP contribution in [0.3, 0.4) is 0 Å². The van der Waals surface area contributed by atoms with E-state index in [9.17, 15) is 9.59 Å². The van der Waals surface area contributed by atoms with E-state index >= 15 is 0 Å². The molecule has 0 atom stereocenters. The molecule has 0 bridgehead atoms. The van der Waals surface area contributed by atoms with Crippen molar-refractivity contribution in [3.05, 3.63) is 35.7 Å². The lowest BCUT2D eigenvalue weighted by Crippen LogP contribution is -2.33. The van der Waals surface area contributed by atoms with Crippen molar-refractivity contribution >= 4 is 28.9 Å². The van der Waals surface area contributed by atoms with E-state index in [0.717, 1.165) is 19.6 Å². The number of likely N-dealkylation sites (tertiary alicyclic amines) is 1. The van der Waals surface area contributed by atoms with Crippen LogP contribution in [0, 0.1) is 6.92 Å². The highest BCUT2D eigenvalue weighted by Gasteiger charge is 2.34. The Kier molecular flexibility index (Phi) is 5.17. The zero-order valence-electron chi connectivity index (χ0n) is 16.6. The minimum absolute atomic E-state index is 0.00875. The summed E-state index contributed by atoms with van der Waals surface area (Å²) in [5, 5.41) is 7.33. The summed E-state index contributed by atoms with van der Waals surface area (Å²) < 4.78 is 1.56. The monoisotopic (exact) mass is 381 g/mol. The summed E-state index contributed by atoms with van der Waals surface area (Å²) in [4.78, 5) is 30.3. The summed E-state index contributed by atoms with van der Waals surface area (Å²) in [6.45, 7) is 4.70. The van der Waals surface area contributed by atoms with E-state index in [2.05, 4.69) is 15.3 Å². The lowest BCUT2D eigenvalue weighted by atomic mass is 10.2. The topological polar surface area (TPSA) is 70.5 Å². The Morgan fingerprint density at radius 1 is 1.14 bits per heavy atom. The summed E-state index contributed by atoms with van der Waals surface area (Å²) in [6.07, 6.45) is 5.36. The zero-order valence-corrected chi connectivity index (χ0v) is 16.6. The van der Waals surface area contributed by atoms with E-state index < -0.39 is 0 Å². The van der Waals surface area contributed by atoms with Gasteiger partial charge in [-0.3, -0.25) is 19.2 Å². The Labute approximate surface area is 165 Å². The fourth-order valence-corrected chi connectivity index (χ4v) is 4.23. The molecule has 0 saturated carbocycles. The van der Waals surface area contributed by atoms with Crippen LogP contribution in [0.5, 0.6) is 0 Å². The van der Waals surface area contributed by atoms with Crippen molar-refractivity contribution in [3.8, 4) is 0 Å². The minimum Gasteiger partial charge on any atom is -0.319 e. The Balaban J connectivity index is 1.67. The van der Waals surface area contributed by atoms with Gasteiger partial charge in [0.25, 0.3) is 5.91 Å². The second-order valence-corrected chi connectivity index (χ2v) is 7.61. The Morgan fingerprint density at radius 3 is 2.61 bits per heavy atom. The molecule has 2 aliphatic rings. The van der Waals surface area contributed by atoms with E-state index in [1.807, 2.05) is 31.2 Å². The van der Waals surface area contributed by atoms with Gasteiger partial charge >= 0.3 is 0 Å². The van der Waals surface area contributed by atoms with Gasteiger partial charge in [0.15, 0.2) is 5.69 Å². The number of nitrogens with zero attached hydrogens (tertiary/aromatic N) is 4. The van der Waals surface area contributed by atoms with E-state index in [-0.39, 0.29) is 11.8 Å². The Morgan fingerprint density at radius 2 is 1.86 bits per heavy atom. The molecule has 7 heteroatoms. The van der Waals surface area contributed by atoms with E-state index in [4.69, 9.17) is 0 Å². The van der Waals surface area contributed by atoms with Crippen molar-refractivity contribution in [3.63, 3.8) is 0 Å². The third-order valence-electron chi connectivity index (χ3n) is 5.61. The van der Waals surface area contributed by atoms with Crippen LogP contribution in [0.15, 0.2) is 24.3 Å². The summed E-state index contributed by atoms with van der Waals surface area (Å²) in [5.74, 6) is -0.251. The number of hydrogen-bond acceptors (Lipinski definition) is 4. The molecule has 1 N–H and O–H groups in total. The van der Waals surface area contributed by atoms with Gasteiger partial charge in [0.1, 0.15) is 5.69 Å². The molecule has 0 aliphatic carbocycles. The maximum Gasteiger partial charge on any atom is 0.276 e. The van der Waals surface area contributed by atoms with Crippen molar-refractivity contribution in [1.82, 2.24) is 14.7 Å². The molecule has 4 rings (SSSR count). The van der Waals surface area contributed by atoms with Gasteiger partial charge in [-0.15, -0.1) is 0 Å². The number of aryl methyl sites for hydroxylation is 2. The zero-order chi connectivity index (χ0) is 19.7. The van der Waals surface area contributed by atoms with Crippen LogP contribution in [0.25, 0.3) is 0 Å². The molecule has 1 fully saturated rings. The number of carbonyl (C=O) groups is 2. The normalized spacial score (nSPS) is 17.4. The Bertz CT molecular complexity index is 896. The summed E-state index contributed by atoms with van der Waals surface area (Å²) >= 11 is 0. The number of nitrogens with one attached hydrogen (secondary N) is 1. The third kappa shape index (κ3) is 3.42. The first kappa shape index (κ1) is 18.7. The van der Waals surface area contributed by atoms with Gasteiger partial charge in [0, 0.05) is 20.0 Å². The molecular weight excluding hydrogens is 354 g/mol. The van der Waals surface area contributed by atoms with E-state index in [1.54, 1.807) is 16.6 Å². The lowest BCUT2D eigenvalue weighted by Gasteiger charge is -2.25. The van der Waals surface area contributed by atoms with Crippen molar-refractivity contribution in [2.75, 3.05) is 29.9 Å². The molecule has 28 heavy (non-hydrogen) atoms. The van der Waals surface area contributed by atoms with Crippen LogP contribution in [0.1, 0.15) is 48.3 Å². The van der Waals surface area contributed by atoms with Crippen molar-refractivity contribution in [2.45, 2.75) is 39.0 Å². The highest BCUT2D eigenvalue weighted by atomic mass is 16.2. The van der Waals surface area contributed by atoms with Crippen LogP contribution in [-0.2, 0) is 11.8 Å². The number of carbonyl (C=O) groups excluding carboxylic acids is 2. The number of amides is 2. The van der Waals surface area contributed by atoms with Crippen LogP contribution in [0.4, 0.5) is 17.1 Å². The number of rotatable bonds is 3. The van der Waals surface area contributed by atoms with E-state index in [0.29, 0.717) is 34.9 Å². The second-order valence-electron chi connectivity index (χ2n) is 7.61. The maximum atomic E-state index is 13.4. The molecule has 0 spiro atoms. The van der Waals surface area contributed by atoms with Gasteiger partial charge < -0.3 is 10.2 Å². The fourth-order valence-electron chi connectivity index (χ4n) is 4.23. The predicted octanol–water partition coefficient (Wildman–Crippen LogP) is 3.23. The van der Waals surface area contributed by atoms with Crippen LogP contribution >= 0.6 is 0 Å². The highest BCUT2D eigenvalue weighted by molar-refractivity contribution is 6.17. The maximum absolute atomic E-state index is 13.4. The van der Waals surface area contributed by atoms with Gasteiger partial charge in [-0.1, -0.05) is 25.0 Å². The van der Waals surface area contributed by atoms with Gasteiger partial charge in [0.2, 0.25) is 5.91 Å². The largest absolute Gasteiger partial charge is 0.319 e. The number of anilines is 3. The van der Waals surface area contributed by atoms with Gasteiger partial charge in [-0.05, 0) is 45.0 Å². The average molecular weight is 381 g/mol. The molecule has 3 heterocycles.